The van der Waals surface area contributed by atoms with Gasteiger partial charge in [0.2, 0.25) is 0 Å². The smallest absolute Gasteiger partial charge is 0.0597 e. The number of nitrogens with one attached hydrogen (secondary N) is 1. The number of aromatic nitrogens is 2. The van der Waals surface area contributed by atoms with Crippen LogP contribution in [0.1, 0.15) is 56.8 Å². The van der Waals surface area contributed by atoms with E-state index < -0.39 is 0 Å². The second-order valence-electron chi connectivity index (χ2n) is 7.64. The third-order valence-electron chi connectivity index (χ3n) is 5.97. The summed E-state index contributed by atoms with van der Waals surface area (Å²) in [6.45, 7) is 6.26. The average Bonchev–Trinajstić information content (AvgIpc) is 2.75. The fourth-order valence-electron chi connectivity index (χ4n) is 5.62. The lowest BCUT2D eigenvalue weighted by molar-refractivity contribution is -0.0208. The van der Waals surface area contributed by atoms with Crippen LogP contribution in [0.3, 0.4) is 0 Å². The summed E-state index contributed by atoms with van der Waals surface area (Å²) in [4.78, 5) is 0. The maximum atomic E-state index is 4.57. The van der Waals surface area contributed by atoms with Crippen LogP contribution in [0.4, 0.5) is 0 Å². The zero-order chi connectivity index (χ0) is 13.7. The molecule has 0 aliphatic heterocycles. The molecule has 5 rings (SSSR count). The van der Waals surface area contributed by atoms with Crippen LogP contribution in [0, 0.1) is 24.7 Å². The Kier molecular flexibility index (Phi) is 2.95. The van der Waals surface area contributed by atoms with Crippen LogP contribution in [0.5, 0.6) is 0 Å². The zero-order valence-corrected chi connectivity index (χ0v) is 12.9. The van der Waals surface area contributed by atoms with Gasteiger partial charge in [-0.25, -0.2) is 0 Å². The summed E-state index contributed by atoms with van der Waals surface area (Å²) in [5, 5.41) is 8.54. The SMILES string of the molecule is CCn1nc(C)cc1CNC12CC3CC(CC(C3)C1)C2. The van der Waals surface area contributed by atoms with E-state index in [9.17, 15) is 0 Å². The van der Waals surface area contributed by atoms with Gasteiger partial charge >= 0.3 is 0 Å². The van der Waals surface area contributed by atoms with Gasteiger partial charge in [0.15, 0.2) is 0 Å². The molecule has 1 heterocycles. The Bertz CT molecular complexity index is 467. The van der Waals surface area contributed by atoms with E-state index in [1.165, 1.54) is 44.2 Å². The molecule has 0 amide bonds. The van der Waals surface area contributed by atoms with E-state index >= 15 is 0 Å². The largest absolute Gasteiger partial charge is 0.306 e. The summed E-state index contributed by atoms with van der Waals surface area (Å²) in [7, 11) is 0. The lowest BCUT2D eigenvalue weighted by Crippen LogP contribution is -2.58. The molecule has 4 aliphatic rings. The van der Waals surface area contributed by atoms with Crippen molar-refractivity contribution in [2.45, 2.75) is 71.0 Å². The van der Waals surface area contributed by atoms with E-state index in [-0.39, 0.29) is 0 Å². The number of aryl methyl sites for hydroxylation is 2. The molecule has 4 saturated carbocycles. The normalized spacial score (nSPS) is 38.6. The molecular formula is C17H27N3. The van der Waals surface area contributed by atoms with Gasteiger partial charge < -0.3 is 5.32 Å². The van der Waals surface area contributed by atoms with Gasteiger partial charge in [0.05, 0.1) is 11.4 Å². The highest BCUT2D eigenvalue weighted by Crippen LogP contribution is 2.55. The second kappa shape index (κ2) is 4.59. The minimum Gasteiger partial charge on any atom is -0.306 e. The monoisotopic (exact) mass is 273 g/mol. The molecule has 0 aromatic carbocycles. The molecule has 4 aliphatic carbocycles. The second-order valence-corrected chi connectivity index (χ2v) is 7.64. The molecule has 20 heavy (non-hydrogen) atoms. The van der Waals surface area contributed by atoms with E-state index in [0.717, 1.165) is 36.5 Å². The van der Waals surface area contributed by atoms with Crippen molar-refractivity contribution in [3.05, 3.63) is 17.5 Å². The number of rotatable bonds is 4. The minimum absolute atomic E-state index is 0.464. The first-order valence-corrected chi connectivity index (χ1v) is 8.44. The Hall–Kier alpha value is -0.830. The van der Waals surface area contributed by atoms with Gasteiger partial charge in [-0.3, -0.25) is 4.68 Å². The van der Waals surface area contributed by atoms with E-state index in [2.05, 4.69) is 35.0 Å². The standard InChI is InChI=1S/C17H27N3/c1-3-20-16(4-12(2)19-20)11-18-17-8-13-5-14(9-17)7-15(6-13)10-17/h4,13-15,18H,3,5-11H2,1-2H3. The van der Waals surface area contributed by atoms with Crippen LogP contribution in [-0.4, -0.2) is 15.3 Å². The van der Waals surface area contributed by atoms with Gasteiger partial charge in [0.1, 0.15) is 0 Å². The molecule has 4 fully saturated rings. The molecule has 0 unspecified atom stereocenters. The summed E-state index contributed by atoms with van der Waals surface area (Å²) in [6.07, 6.45) is 8.85. The van der Waals surface area contributed by atoms with Gasteiger partial charge in [-0.15, -0.1) is 0 Å². The van der Waals surface area contributed by atoms with Crippen LogP contribution in [-0.2, 0) is 13.1 Å². The molecule has 1 aromatic heterocycles. The van der Waals surface area contributed by atoms with E-state index in [4.69, 9.17) is 0 Å². The zero-order valence-electron chi connectivity index (χ0n) is 12.9. The molecule has 0 spiro atoms. The number of nitrogens with zero attached hydrogens (tertiary/aromatic N) is 2. The number of hydrogen-bond acceptors (Lipinski definition) is 2. The first-order chi connectivity index (χ1) is 9.66. The van der Waals surface area contributed by atoms with Crippen molar-refractivity contribution in [1.82, 2.24) is 15.1 Å². The first-order valence-electron chi connectivity index (χ1n) is 8.44. The summed E-state index contributed by atoms with van der Waals surface area (Å²) in [5.41, 5.74) is 2.97. The quantitative estimate of drug-likeness (QED) is 0.912. The lowest BCUT2D eigenvalue weighted by atomic mass is 9.53. The highest BCUT2D eigenvalue weighted by atomic mass is 15.3. The molecule has 0 radical (unpaired) electrons. The third kappa shape index (κ3) is 2.11. The molecule has 3 nitrogen and oxygen atoms in total. The maximum absolute atomic E-state index is 4.57. The highest BCUT2D eigenvalue weighted by Gasteiger charge is 2.50. The Morgan fingerprint density at radius 2 is 1.80 bits per heavy atom. The Labute approximate surface area is 122 Å². The van der Waals surface area contributed by atoms with Crippen molar-refractivity contribution in [3.63, 3.8) is 0 Å². The maximum Gasteiger partial charge on any atom is 0.0597 e. The minimum atomic E-state index is 0.464. The Morgan fingerprint density at radius 3 is 2.35 bits per heavy atom. The van der Waals surface area contributed by atoms with Crippen molar-refractivity contribution < 1.29 is 0 Å². The van der Waals surface area contributed by atoms with Crippen LogP contribution in [0.15, 0.2) is 6.07 Å². The summed E-state index contributed by atoms with van der Waals surface area (Å²) in [5.74, 6) is 3.06. The molecule has 3 heteroatoms. The molecule has 4 bridgehead atoms. The van der Waals surface area contributed by atoms with Crippen molar-refractivity contribution in [1.29, 1.82) is 0 Å². The first kappa shape index (κ1) is 12.9. The van der Waals surface area contributed by atoms with Gasteiger partial charge in [0, 0.05) is 18.6 Å². The van der Waals surface area contributed by atoms with Crippen LogP contribution in [0.25, 0.3) is 0 Å². The van der Waals surface area contributed by atoms with Gasteiger partial charge in [0.25, 0.3) is 0 Å². The Balaban J connectivity index is 1.49. The summed E-state index contributed by atoms with van der Waals surface area (Å²) < 4.78 is 2.16. The van der Waals surface area contributed by atoms with Gasteiger partial charge in [-0.1, -0.05) is 0 Å². The molecule has 0 atom stereocenters. The summed E-state index contributed by atoms with van der Waals surface area (Å²) in [6, 6.07) is 2.25. The average molecular weight is 273 g/mol. The highest BCUT2D eigenvalue weighted by molar-refractivity contribution is 5.11. The molecule has 110 valence electrons. The fraction of sp³-hybridized carbons (Fsp3) is 0.824. The Morgan fingerprint density at radius 1 is 1.20 bits per heavy atom. The van der Waals surface area contributed by atoms with Crippen LogP contribution >= 0.6 is 0 Å². The third-order valence-corrected chi connectivity index (χ3v) is 5.97. The van der Waals surface area contributed by atoms with Crippen LogP contribution < -0.4 is 5.32 Å². The van der Waals surface area contributed by atoms with Crippen molar-refractivity contribution in [2.24, 2.45) is 17.8 Å². The van der Waals surface area contributed by atoms with E-state index in [0.29, 0.717) is 5.54 Å². The van der Waals surface area contributed by atoms with Crippen molar-refractivity contribution in [3.8, 4) is 0 Å². The van der Waals surface area contributed by atoms with Crippen molar-refractivity contribution >= 4 is 0 Å². The van der Waals surface area contributed by atoms with Gasteiger partial charge in [-0.05, 0) is 76.2 Å². The van der Waals surface area contributed by atoms with Gasteiger partial charge in [-0.2, -0.15) is 5.10 Å². The molecule has 1 N–H and O–H groups in total. The van der Waals surface area contributed by atoms with E-state index in [1.807, 2.05) is 0 Å². The number of hydrogen-bond donors (Lipinski definition) is 1. The van der Waals surface area contributed by atoms with Crippen molar-refractivity contribution in [2.75, 3.05) is 0 Å². The molecular weight excluding hydrogens is 246 g/mol. The molecule has 0 saturated heterocycles. The predicted octanol–water partition coefficient (Wildman–Crippen LogP) is 3.27. The molecule has 1 aromatic rings. The predicted molar refractivity (Wildman–Crippen MR) is 80.4 cm³/mol. The fourth-order valence-corrected chi connectivity index (χ4v) is 5.62. The van der Waals surface area contributed by atoms with E-state index in [1.54, 1.807) is 0 Å². The topological polar surface area (TPSA) is 29.9 Å². The summed E-state index contributed by atoms with van der Waals surface area (Å²) >= 11 is 0. The lowest BCUT2D eigenvalue weighted by Gasteiger charge is -2.57. The van der Waals surface area contributed by atoms with Crippen LogP contribution in [0.2, 0.25) is 0 Å².